The number of nitrogens with one attached hydrogen (secondary N) is 1. The molecule has 0 aliphatic carbocycles. The van der Waals surface area contributed by atoms with E-state index in [0.29, 0.717) is 18.9 Å². The van der Waals surface area contributed by atoms with E-state index in [9.17, 15) is 18.0 Å². The smallest absolute Gasteiger partial charge is 0.311 e. The van der Waals surface area contributed by atoms with Crippen LogP contribution in [0.3, 0.4) is 0 Å². The highest BCUT2D eigenvalue weighted by molar-refractivity contribution is 7.91. The van der Waals surface area contributed by atoms with Crippen LogP contribution in [0.25, 0.3) is 0 Å². The summed E-state index contributed by atoms with van der Waals surface area (Å²) in [6.07, 6.45) is 1.21. The molecule has 1 aliphatic rings. The molecule has 6 nitrogen and oxygen atoms in total. The van der Waals surface area contributed by atoms with Gasteiger partial charge >= 0.3 is 11.8 Å². The van der Waals surface area contributed by atoms with Crippen molar-refractivity contribution >= 4 is 21.7 Å². The van der Waals surface area contributed by atoms with Gasteiger partial charge in [-0.25, -0.2) is 8.42 Å². The van der Waals surface area contributed by atoms with Gasteiger partial charge in [-0.05, 0) is 18.8 Å². The van der Waals surface area contributed by atoms with Gasteiger partial charge in [-0.3, -0.25) is 9.59 Å². The molecule has 0 spiro atoms. The highest BCUT2D eigenvalue weighted by Crippen LogP contribution is 2.16. The Morgan fingerprint density at radius 1 is 1.37 bits per heavy atom. The quantitative estimate of drug-likeness (QED) is 0.726. The lowest BCUT2D eigenvalue weighted by Gasteiger charge is -2.22. The molecule has 0 aromatic rings. The van der Waals surface area contributed by atoms with Gasteiger partial charge in [0, 0.05) is 19.6 Å². The predicted molar refractivity (Wildman–Crippen MR) is 72.3 cm³/mol. The van der Waals surface area contributed by atoms with E-state index in [2.05, 4.69) is 5.32 Å². The van der Waals surface area contributed by atoms with Gasteiger partial charge in [0.25, 0.3) is 0 Å². The normalized spacial score (nSPS) is 21.4. The van der Waals surface area contributed by atoms with E-state index < -0.39 is 21.7 Å². The van der Waals surface area contributed by atoms with E-state index in [1.165, 1.54) is 11.9 Å². The van der Waals surface area contributed by atoms with Crippen LogP contribution in [0.15, 0.2) is 0 Å². The molecule has 7 heteroatoms. The van der Waals surface area contributed by atoms with Crippen molar-refractivity contribution < 1.29 is 18.0 Å². The Bertz CT molecular complexity index is 445. The minimum absolute atomic E-state index is 0.0471. The summed E-state index contributed by atoms with van der Waals surface area (Å²) in [5.41, 5.74) is 0. The number of hydrogen-bond donors (Lipinski definition) is 1. The molecule has 1 atom stereocenters. The SMILES string of the molecule is CC(C)CCNC(=O)C(=O)N(C)C1CCS(=O)(=O)C1. The fourth-order valence-electron chi connectivity index (χ4n) is 1.96. The number of likely N-dealkylation sites (N-methyl/N-ethyl adjacent to an activating group) is 1. The summed E-state index contributed by atoms with van der Waals surface area (Å²) in [7, 11) is -1.57. The molecule has 0 saturated carbocycles. The summed E-state index contributed by atoms with van der Waals surface area (Å²) < 4.78 is 22.7. The molecule has 0 bridgehead atoms. The molecule has 2 amide bonds. The molecule has 1 aliphatic heterocycles. The fraction of sp³-hybridized carbons (Fsp3) is 0.833. The van der Waals surface area contributed by atoms with Crippen LogP contribution in [0.2, 0.25) is 0 Å². The van der Waals surface area contributed by atoms with Crippen LogP contribution in [0.1, 0.15) is 26.7 Å². The first-order chi connectivity index (χ1) is 8.73. The van der Waals surface area contributed by atoms with E-state index in [-0.39, 0.29) is 17.5 Å². The molecular weight excluding hydrogens is 268 g/mol. The van der Waals surface area contributed by atoms with Crippen molar-refractivity contribution in [3.05, 3.63) is 0 Å². The van der Waals surface area contributed by atoms with Crippen LogP contribution < -0.4 is 5.32 Å². The van der Waals surface area contributed by atoms with Crippen molar-refractivity contribution in [1.29, 1.82) is 0 Å². The van der Waals surface area contributed by atoms with E-state index >= 15 is 0 Å². The molecule has 19 heavy (non-hydrogen) atoms. The van der Waals surface area contributed by atoms with Gasteiger partial charge in [-0.2, -0.15) is 0 Å². The number of sulfone groups is 1. The summed E-state index contributed by atoms with van der Waals surface area (Å²) >= 11 is 0. The summed E-state index contributed by atoms with van der Waals surface area (Å²) in [5.74, 6) is -0.829. The van der Waals surface area contributed by atoms with Gasteiger partial charge in [-0.15, -0.1) is 0 Å². The lowest BCUT2D eigenvalue weighted by molar-refractivity contribution is -0.146. The van der Waals surface area contributed by atoms with Crippen LogP contribution in [0.4, 0.5) is 0 Å². The zero-order valence-electron chi connectivity index (χ0n) is 11.7. The van der Waals surface area contributed by atoms with Crippen molar-refractivity contribution in [2.75, 3.05) is 25.1 Å². The Morgan fingerprint density at radius 2 is 2.00 bits per heavy atom. The maximum atomic E-state index is 11.8. The molecule has 1 rings (SSSR count). The van der Waals surface area contributed by atoms with Gasteiger partial charge in [-0.1, -0.05) is 13.8 Å². The van der Waals surface area contributed by atoms with Gasteiger partial charge in [0.1, 0.15) is 0 Å². The first-order valence-corrected chi connectivity index (χ1v) is 8.30. The molecule has 0 aromatic heterocycles. The highest BCUT2D eigenvalue weighted by atomic mass is 32.2. The molecular formula is C12H22N2O4S. The molecule has 1 unspecified atom stereocenters. The first-order valence-electron chi connectivity index (χ1n) is 6.48. The van der Waals surface area contributed by atoms with Crippen LogP contribution in [0.5, 0.6) is 0 Å². The van der Waals surface area contributed by atoms with Crippen molar-refractivity contribution in [1.82, 2.24) is 10.2 Å². The van der Waals surface area contributed by atoms with Crippen LogP contribution in [-0.2, 0) is 19.4 Å². The summed E-state index contributed by atoms with van der Waals surface area (Å²) in [6.45, 7) is 4.52. The number of rotatable bonds is 4. The van der Waals surface area contributed by atoms with Gasteiger partial charge in [0.05, 0.1) is 11.5 Å². The number of nitrogens with zero attached hydrogens (tertiary/aromatic N) is 1. The van der Waals surface area contributed by atoms with Crippen LogP contribution in [-0.4, -0.2) is 56.3 Å². The van der Waals surface area contributed by atoms with Crippen LogP contribution >= 0.6 is 0 Å². The minimum atomic E-state index is -3.05. The standard InChI is InChI=1S/C12H22N2O4S/c1-9(2)4-6-13-11(15)12(16)14(3)10-5-7-19(17,18)8-10/h9-10H,4-8H2,1-3H3,(H,13,15). The summed E-state index contributed by atoms with van der Waals surface area (Å²) in [6, 6.07) is -0.381. The van der Waals surface area contributed by atoms with E-state index in [1.54, 1.807) is 0 Å². The first kappa shape index (κ1) is 15.9. The molecule has 110 valence electrons. The second kappa shape index (κ2) is 6.36. The molecule has 1 fully saturated rings. The average Bonchev–Trinajstić information content (AvgIpc) is 2.67. The van der Waals surface area contributed by atoms with Crippen molar-refractivity contribution in [3.63, 3.8) is 0 Å². The largest absolute Gasteiger partial charge is 0.348 e. The zero-order chi connectivity index (χ0) is 14.6. The third-order valence-electron chi connectivity index (χ3n) is 3.28. The number of amides is 2. The molecule has 1 saturated heterocycles. The molecule has 0 radical (unpaired) electrons. The minimum Gasteiger partial charge on any atom is -0.348 e. The molecule has 1 N–H and O–H groups in total. The number of hydrogen-bond acceptors (Lipinski definition) is 4. The Labute approximate surface area is 114 Å². The Hall–Kier alpha value is -1.11. The second-order valence-corrected chi connectivity index (χ2v) is 7.64. The van der Waals surface area contributed by atoms with Crippen molar-refractivity contribution in [3.8, 4) is 0 Å². The highest BCUT2D eigenvalue weighted by Gasteiger charge is 2.34. The van der Waals surface area contributed by atoms with Crippen molar-refractivity contribution in [2.45, 2.75) is 32.7 Å². The van der Waals surface area contributed by atoms with E-state index in [0.717, 1.165) is 6.42 Å². The topological polar surface area (TPSA) is 83.6 Å². The Kier molecular flexibility index (Phi) is 5.34. The predicted octanol–water partition coefficient (Wildman–Crippen LogP) is -0.206. The third-order valence-corrected chi connectivity index (χ3v) is 5.03. The molecule has 0 aromatic carbocycles. The Balaban J connectivity index is 2.46. The van der Waals surface area contributed by atoms with Gasteiger partial charge < -0.3 is 10.2 Å². The monoisotopic (exact) mass is 290 g/mol. The summed E-state index contributed by atoms with van der Waals surface area (Å²) in [4.78, 5) is 24.7. The number of carbonyl (C=O) groups is 2. The maximum absolute atomic E-state index is 11.8. The fourth-order valence-corrected chi connectivity index (χ4v) is 3.73. The van der Waals surface area contributed by atoms with Gasteiger partial charge in [0.15, 0.2) is 9.84 Å². The average molecular weight is 290 g/mol. The third kappa shape index (κ3) is 4.81. The van der Waals surface area contributed by atoms with E-state index in [4.69, 9.17) is 0 Å². The zero-order valence-corrected chi connectivity index (χ0v) is 12.5. The second-order valence-electron chi connectivity index (χ2n) is 5.41. The number of carbonyl (C=O) groups excluding carboxylic acids is 2. The maximum Gasteiger partial charge on any atom is 0.311 e. The Morgan fingerprint density at radius 3 is 2.47 bits per heavy atom. The lowest BCUT2D eigenvalue weighted by Crippen LogP contribution is -2.46. The van der Waals surface area contributed by atoms with Crippen molar-refractivity contribution in [2.24, 2.45) is 5.92 Å². The summed E-state index contributed by atoms with van der Waals surface area (Å²) in [5, 5.41) is 2.56. The van der Waals surface area contributed by atoms with Gasteiger partial charge in [0.2, 0.25) is 0 Å². The van der Waals surface area contributed by atoms with Crippen LogP contribution in [0, 0.1) is 5.92 Å². The molecule has 1 heterocycles. The lowest BCUT2D eigenvalue weighted by atomic mass is 10.1. The van der Waals surface area contributed by atoms with E-state index in [1.807, 2.05) is 13.8 Å².